The first-order valence-corrected chi connectivity index (χ1v) is 9.97. The molecule has 5 rings (SSSR count). The molecule has 1 N–H and O–H groups in total. The molecule has 1 nitrogen and oxygen atoms in total. The first-order valence-electron chi connectivity index (χ1n) is 9.97. The number of hydrogen-bond donors (Lipinski definition) is 1. The second-order valence-corrected chi connectivity index (χ2v) is 7.98. The highest BCUT2D eigenvalue weighted by Gasteiger charge is 2.39. The van der Waals surface area contributed by atoms with Gasteiger partial charge in [0.2, 0.25) is 0 Å². The molecule has 0 unspecified atom stereocenters. The van der Waals surface area contributed by atoms with Crippen molar-refractivity contribution in [3.05, 3.63) is 96.1 Å². The SMILES string of the molecule is CC(c1ccc2ccccc2c1)(c1ccc2ccccc2c1)[C@@H]1CCCN1. The van der Waals surface area contributed by atoms with Crippen LogP contribution in [0.15, 0.2) is 84.9 Å². The molecule has 4 aromatic rings. The molecule has 1 heteroatoms. The van der Waals surface area contributed by atoms with Crippen LogP contribution in [0.3, 0.4) is 0 Å². The molecule has 0 amide bonds. The number of benzene rings is 4. The Balaban J connectivity index is 1.72. The average Bonchev–Trinajstić information content (AvgIpc) is 3.28. The van der Waals surface area contributed by atoms with Crippen molar-refractivity contribution < 1.29 is 0 Å². The maximum absolute atomic E-state index is 3.79. The summed E-state index contributed by atoms with van der Waals surface area (Å²) in [5.74, 6) is 0. The van der Waals surface area contributed by atoms with Crippen LogP contribution in [-0.2, 0) is 5.41 Å². The van der Waals surface area contributed by atoms with Gasteiger partial charge in [0, 0.05) is 11.5 Å². The Morgan fingerprint density at radius 2 is 1.22 bits per heavy atom. The molecule has 1 atom stereocenters. The monoisotopic (exact) mass is 351 g/mol. The molecule has 0 saturated carbocycles. The molecule has 0 bridgehead atoms. The minimum absolute atomic E-state index is 0.0510. The lowest BCUT2D eigenvalue weighted by Crippen LogP contribution is -2.44. The zero-order valence-corrected chi connectivity index (χ0v) is 15.8. The minimum atomic E-state index is -0.0510. The Hall–Kier alpha value is -2.64. The lowest BCUT2D eigenvalue weighted by molar-refractivity contribution is 0.407. The first kappa shape index (κ1) is 16.5. The van der Waals surface area contributed by atoms with E-state index in [1.165, 1.54) is 45.5 Å². The van der Waals surface area contributed by atoms with Crippen molar-refractivity contribution in [3.63, 3.8) is 0 Å². The molecule has 1 fully saturated rings. The zero-order chi connectivity index (χ0) is 18.3. The fourth-order valence-electron chi connectivity index (χ4n) is 4.77. The maximum Gasteiger partial charge on any atom is 0.0328 e. The van der Waals surface area contributed by atoms with Crippen molar-refractivity contribution >= 4 is 21.5 Å². The standard InChI is InChI=1S/C26H25N/c1-26(25-11-6-16-27-25,23-14-12-19-7-2-4-9-21(19)17-23)24-15-13-20-8-3-5-10-22(20)18-24/h2-5,7-10,12-15,17-18,25,27H,6,11,16H2,1H3/t25-/m0/s1. The van der Waals surface area contributed by atoms with Crippen LogP contribution in [-0.4, -0.2) is 12.6 Å². The third-order valence-electron chi connectivity index (χ3n) is 6.46. The first-order chi connectivity index (χ1) is 13.2. The molecule has 1 saturated heterocycles. The topological polar surface area (TPSA) is 12.0 Å². The van der Waals surface area contributed by atoms with Gasteiger partial charge in [-0.15, -0.1) is 0 Å². The molecule has 134 valence electrons. The van der Waals surface area contributed by atoms with Gasteiger partial charge in [0.1, 0.15) is 0 Å². The summed E-state index contributed by atoms with van der Waals surface area (Å²) in [6.45, 7) is 3.53. The van der Waals surface area contributed by atoms with E-state index < -0.39 is 0 Å². The van der Waals surface area contributed by atoms with Gasteiger partial charge in [-0.1, -0.05) is 84.9 Å². The average molecular weight is 351 g/mol. The number of hydrogen-bond acceptors (Lipinski definition) is 1. The van der Waals surface area contributed by atoms with E-state index in [2.05, 4.69) is 97.2 Å². The van der Waals surface area contributed by atoms with Crippen LogP contribution in [0, 0.1) is 0 Å². The third kappa shape index (κ3) is 2.74. The highest BCUT2D eigenvalue weighted by Crippen LogP contribution is 2.40. The molecule has 0 spiro atoms. The van der Waals surface area contributed by atoms with Gasteiger partial charge in [-0.2, -0.15) is 0 Å². The molecule has 27 heavy (non-hydrogen) atoms. The summed E-state index contributed by atoms with van der Waals surface area (Å²) in [5, 5.41) is 9.04. The largest absolute Gasteiger partial charge is 0.313 e. The van der Waals surface area contributed by atoms with E-state index in [1.54, 1.807) is 0 Å². The van der Waals surface area contributed by atoms with Crippen LogP contribution in [0.25, 0.3) is 21.5 Å². The molecule has 4 aromatic carbocycles. The van der Waals surface area contributed by atoms with E-state index in [-0.39, 0.29) is 5.41 Å². The fourth-order valence-corrected chi connectivity index (χ4v) is 4.77. The molecule has 0 radical (unpaired) electrons. The van der Waals surface area contributed by atoms with Gasteiger partial charge in [-0.3, -0.25) is 0 Å². The van der Waals surface area contributed by atoms with E-state index in [4.69, 9.17) is 0 Å². The van der Waals surface area contributed by atoms with Crippen LogP contribution in [0.1, 0.15) is 30.9 Å². The Labute approximate surface area is 161 Å². The number of nitrogens with one attached hydrogen (secondary N) is 1. The highest BCUT2D eigenvalue weighted by molar-refractivity contribution is 5.85. The van der Waals surface area contributed by atoms with Crippen LogP contribution < -0.4 is 5.32 Å². The summed E-state index contributed by atoms with van der Waals surface area (Å²) in [7, 11) is 0. The smallest absolute Gasteiger partial charge is 0.0328 e. The second kappa shape index (κ2) is 6.51. The van der Waals surface area contributed by atoms with E-state index in [9.17, 15) is 0 Å². The van der Waals surface area contributed by atoms with Gasteiger partial charge in [0.25, 0.3) is 0 Å². The lowest BCUT2D eigenvalue weighted by atomic mass is 9.69. The van der Waals surface area contributed by atoms with E-state index in [1.807, 2.05) is 0 Å². The predicted octanol–water partition coefficient (Wildman–Crippen LogP) is 6.05. The van der Waals surface area contributed by atoms with Crippen LogP contribution in [0.2, 0.25) is 0 Å². The van der Waals surface area contributed by atoms with Crippen molar-refractivity contribution in [2.75, 3.05) is 6.54 Å². The van der Waals surface area contributed by atoms with Crippen molar-refractivity contribution in [2.45, 2.75) is 31.2 Å². The quantitative estimate of drug-likeness (QED) is 0.474. The van der Waals surface area contributed by atoms with E-state index >= 15 is 0 Å². The van der Waals surface area contributed by atoms with Gasteiger partial charge < -0.3 is 5.32 Å². The van der Waals surface area contributed by atoms with Gasteiger partial charge in [0.15, 0.2) is 0 Å². The molecule has 1 aliphatic rings. The summed E-state index contributed by atoms with van der Waals surface area (Å²) in [4.78, 5) is 0. The molecule has 0 aromatic heterocycles. The summed E-state index contributed by atoms with van der Waals surface area (Å²) in [5.41, 5.74) is 2.75. The van der Waals surface area contributed by atoms with Crippen molar-refractivity contribution in [1.29, 1.82) is 0 Å². The third-order valence-corrected chi connectivity index (χ3v) is 6.46. The number of rotatable bonds is 3. The van der Waals surface area contributed by atoms with E-state index in [0.29, 0.717) is 6.04 Å². The van der Waals surface area contributed by atoms with Gasteiger partial charge in [0.05, 0.1) is 0 Å². The van der Waals surface area contributed by atoms with Crippen molar-refractivity contribution in [2.24, 2.45) is 0 Å². The summed E-state index contributed by atoms with van der Waals surface area (Å²) in [6, 6.07) is 31.8. The van der Waals surface area contributed by atoms with Crippen LogP contribution in [0.4, 0.5) is 0 Å². The van der Waals surface area contributed by atoms with Gasteiger partial charge in [-0.05, 0) is 59.0 Å². The Morgan fingerprint density at radius 1 is 0.704 bits per heavy atom. The van der Waals surface area contributed by atoms with Crippen molar-refractivity contribution in [1.82, 2.24) is 5.32 Å². The van der Waals surface area contributed by atoms with Crippen LogP contribution in [0.5, 0.6) is 0 Å². The summed E-state index contributed by atoms with van der Waals surface area (Å²) in [6.07, 6.45) is 2.47. The van der Waals surface area contributed by atoms with Crippen LogP contribution >= 0.6 is 0 Å². The normalized spacial score (nSPS) is 17.6. The second-order valence-electron chi connectivity index (χ2n) is 7.98. The van der Waals surface area contributed by atoms with Gasteiger partial charge >= 0.3 is 0 Å². The van der Waals surface area contributed by atoms with Gasteiger partial charge in [-0.25, -0.2) is 0 Å². The fraction of sp³-hybridized carbons (Fsp3) is 0.231. The minimum Gasteiger partial charge on any atom is -0.313 e. The maximum atomic E-state index is 3.79. The Bertz CT molecular complexity index is 1030. The highest BCUT2D eigenvalue weighted by atomic mass is 15.0. The predicted molar refractivity (Wildman–Crippen MR) is 115 cm³/mol. The van der Waals surface area contributed by atoms with Crippen molar-refractivity contribution in [3.8, 4) is 0 Å². The molecule has 0 aliphatic carbocycles. The summed E-state index contributed by atoms with van der Waals surface area (Å²) < 4.78 is 0. The van der Waals surface area contributed by atoms with E-state index in [0.717, 1.165) is 6.54 Å². The zero-order valence-electron chi connectivity index (χ0n) is 15.8. The molecule has 1 heterocycles. The molecule has 1 aliphatic heterocycles. The molecular formula is C26H25N. The Kier molecular flexibility index (Phi) is 3.98. The Morgan fingerprint density at radius 3 is 1.70 bits per heavy atom. The molecular weight excluding hydrogens is 326 g/mol. The summed E-state index contributed by atoms with van der Waals surface area (Å²) >= 11 is 0. The lowest BCUT2D eigenvalue weighted by Gasteiger charge is -2.37. The number of fused-ring (bicyclic) bond motifs is 2.